The first-order valence-electron chi connectivity index (χ1n) is 7.14. The number of nitrogens with two attached hydrogens (primary N) is 1. The molecule has 110 valence electrons. The van der Waals surface area contributed by atoms with Crippen LogP contribution < -0.4 is 11.3 Å². The first kappa shape index (κ1) is 13.9. The van der Waals surface area contributed by atoms with Gasteiger partial charge in [0.05, 0.1) is 12.1 Å². The molecule has 4 heteroatoms. The molecule has 3 N–H and O–H groups in total. The molecule has 21 heavy (non-hydrogen) atoms. The molecule has 0 amide bonds. The molecule has 0 saturated carbocycles. The van der Waals surface area contributed by atoms with E-state index in [4.69, 9.17) is 5.73 Å². The molecule has 0 saturated heterocycles. The molecule has 0 fully saturated rings. The number of rotatable bonds is 1. The van der Waals surface area contributed by atoms with E-state index >= 15 is 0 Å². The minimum absolute atomic E-state index is 0.118. The smallest absolute Gasteiger partial charge is 0.251 e. The highest BCUT2D eigenvalue weighted by Crippen LogP contribution is 2.43. The lowest BCUT2D eigenvalue weighted by Crippen LogP contribution is -2.46. The third-order valence-electron chi connectivity index (χ3n) is 4.39. The molecule has 1 aromatic heterocycles. The summed E-state index contributed by atoms with van der Waals surface area (Å²) in [6.07, 6.45) is 1.85. The summed E-state index contributed by atoms with van der Waals surface area (Å²) in [4.78, 5) is 12.2. The van der Waals surface area contributed by atoms with Crippen molar-refractivity contribution in [2.45, 2.75) is 32.4 Å². The molecular formula is C17H20N2O2. The summed E-state index contributed by atoms with van der Waals surface area (Å²) in [7, 11) is 0. The number of hydrogen-bond donors (Lipinski definition) is 2. The van der Waals surface area contributed by atoms with E-state index in [-0.39, 0.29) is 11.0 Å². The van der Waals surface area contributed by atoms with Crippen LogP contribution in [0.5, 0.6) is 0 Å². The fourth-order valence-corrected chi connectivity index (χ4v) is 3.21. The number of benzene rings is 1. The first-order chi connectivity index (χ1) is 9.90. The molecule has 2 aromatic rings. The van der Waals surface area contributed by atoms with Crippen LogP contribution in [0.1, 0.15) is 31.0 Å². The van der Waals surface area contributed by atoms with Crippen LogP contribution in [0, 0.1) is 5.41 Å². The Balaban J connectivity index is 2.25. The Morgan fingerprint density at radius 1 is 1.29 bits per heavy atom. The van der Waals surface area contributed by atoms with Crippen molar-refractivity contribution in [3.63, 3.8) is 0 Å². The highest BCUT2D eigenvalue weighted by atomic mass is 16.3. The van der Waals surface area contributed by atoms with Gasteiger partial charge in [-0.1, -0.05) is 26.0 Å². The maximum Gasteiger partial charge on any atom is 0.251 e. The predicted octanol–water partition coefficient (Wildman–Crippen LogP) is 1.96. The number of aliphatic hydroxyl groups is 1. The van der Waals surface area contributed by atoms with Crippen molar-refractivity contribution in [1.29, 1.82) is 0 Å². The van der Waals surface area contributed by atoms with Crippen LogP contribution in [0.15, 0.2) is 47.4 Å². The van der Waals surface area contributed by atoms with Gasteiger partial charge < -0.3 is 15.4 Å². The lowest BCUT2D eigenvalue weighted by molar-refractivity contribution is 0.00823. The average Bonchev–Trinajstić information content (AvgIpc) is 2.42. The van der Waals surface area contributed by atoms with Crippen LogP contribution in [-0.2, 0) is 6.42 Å². The standard InChI is InChI=1S/C17H20N2O2/c1-17(2)10-11-6-7-12(18)9-13(11)15(16(17)21)19-8-4-3-5-14(19)20/h3-9,15-16,21H,10,18H2,1-2H3. The maximum absolute atomic E-state index is 12.2. The number of nitrogens with zero attached hydrogens (tertiary/aromatic N) is 1. The third-order valence-corrected chi connectivity index (χ3v) is 4.39. The zero-order valence-corrected chi connectivity index (χ0v) is 12.3. The third kappa shape index (κ3) is 2.25. The number of aliphatic hydroxyl groups excluding tert-OH is 1. The quantitative estimate of drug-likeness (QED) is 0.787. The highest BCUT2D eigenvalue weighted by molar-refractivity contribution is 5.48. The summed E-state index contributed by atoms with van der Waals surface area (Å²) in [5, 5.41) is 10.8. The van der Waals surface area contributed by atoms with Gasteiger partial charge in [0.25, 0.3) is 5.56 Å². The Morgan fingerprint density at radius 3 is 2.76 bits per heavy atom. The molecule has 2 unspecified atom stereocenters. The van der Waals surface area contributed by atoms with Gasteiger partial charge in [0.15, 0.2) is 0 Å². The van der Waals surface area contributed by atoms with Gasteiger partial charge in [-0.15, -0.1) is 0 Å². The van der Waals surface area contributed by atoms with Gasteiger partial charge >= 0.3 is 0 Å². The fraction of sp³-hybridized carbons (Fsp3) is 0.353. The number of aromatic nitrogens is 1. The number of hydrogen-bond acceptors (Lipinski definition) is 3. The zero-order valence-electron chi connectivity index (χ0n) is 12.3. The maximum atomic E-state index is 12.2. The molecule has 4 nitrogen and oxygen atoms in total. The van der Waals surface area contributed by atoms with Gasteiger partial charge in [0.2, 0.25) is 0 Å². The Bertz CT molecular complexity index is 734. The summed E-state index contributed by atoms with van der Waals surface area (Å²) in [5.41, 5.74) is 8.21. The minimum atomic E-state index is -0.646. The molecule has 1 aliphatic rings. The number of anilines is 1. The van der Waals surface area contributed by atoms with Crippen molar-refractivity contribution in [2.24, 2.45) is 5.41 Å². The van der Waals surface area contributed by atoms with Gasteiger partial charge in [-0.3, -0.25) is 4.79 Å². The van der Waals surface area contributed by atoms with Crippen molar-refractivity contribution in [1.82, 2.24) is 4.57 Å². The van der Waals surface area contributed by atoms with Crippen LogP contribution in [0.2, 0.25) is 0 Å². The van der Waals surface area contributed by atoms with E-state index < -0.39 is 12.1 Å². The molecule has 1 heterocycles. The molecule has 3 rings (SSSR count). The SMILES string of the molecule is CC1(C)Cc2ccc(N)cc2C(n2ccccc2=O)C1O. The van der Waals surface area contributed by atoms with E-state index in [1.165, 1.54) is 6.07 Å². The number of pyridine rings is 1. The van der Waals surface area contributed by atoms with Crippen molar-refractivity contribution in [2.75, 3.05) is 5.73 Å². The Hall–Kier alpha value is -2.07. The van der Waals surface area contributed by atoms with Crippen molar-refractivity contribution < 1.29 is 5.11 Å². The van der Waals surface area contributed by atoms with Gasteiger partial charge in [-0.05, 0) is 41.2 Å². The minimum Gasteiger partial charge on any atom is -0.399 e. The summed E-state index contributed by atoms with van der Waals surface area (Å²) in [6, 6.07) is 10.4. The predicted molar refractivity (Wildman–Crippen MR) is 83.2 cm³/mol. The van der Waals surface area contributed by atoms with E-state index in [2.05, 4.69) is 0 Å². The number of nitrogen functional groups attached to an aromatic ring is 1. The van der Waals surface area contributed by atoms with Crippen LogP contribution in [0.4, 0.5) is 5.69 Å². The lowest BCUT2D eigenvalue weighted by Gasteiger charge is -2.42. The largest absolute Gasteiger partial charge is 0.399 e. The van der Waals surface area contributed by atoms with Crippen LogP contribution in [-0.4, -0.2) is 15.8 Å². The summed E-state index contributed by atoms with van der Waals surface area (Å²) in [5.74, 6) is 0. The van der Waals surface area contributed by atoms with Gasteiger partial charge in [0.1, 0.15) is 0 Å². The molecule has 2 atom stereocenters. The molecule has 0 radical (unpaired) electrons. The Labute approximate surface area is 123 Å². The molecule has 0 aliphatic heterocycles. The second-order valence-corrected chi connectivity index (χ2v) is 6.46. The van der Waals surface area contributed by atoms with Crippen molar-refractivity contribution >= 4 is 5.69 Å². The summed E-state index contributed by atoms with van der Waals surface area (Å²) >= 11 is 0. The lowest BCUT2D eigenvalue weighted by atomic mass is 9.69. The number of fused-ring (bicyclic) bond motifs is 1. The van der Waals surface area contributed by atoms with Crippen LogP contribution >= 0.6 is 0 Å². The fourth-order valence-electron chi connectivity index (χ4n) is 3.21. The summed E-state index contributed by atoms with van der Waals surface area (Å²) in [6.45, 7) is 4.05. The normalized spacial score (nSPS) is 23.6. The molecule has 0 bridgehead atoms. The van der Waals surface area contributed by atoms with Gasteiger partial charge in [0, 0.05) is 18.0 Å². The second kappa shape index (κ2) is 4.74. The molecule has 0 spiro atoms. The van der Waals surface area contributed by atoms with Crippen molar-refractivity contribution in [3.8, 4) is 0 Å². The first-order valence-corrected chi connectivity index (χ1v) is 7.14. The van der Waals surface area contributed by atoms with Crippen molar-refractivity contribution in [3.05, 3.63) is 64.1 Å². The Morgan fingerprint density at radius 2 is 2.05 bits per heavy atom. The van der Waals surface area contributed by atoms with Crippen LogP contribution in [0.3, 0.4) is 0 Å². The second-order valence-electron chi connectivity index (χ2n) is 6.46. The van der Waals surface area contributed by atoms with E-state index in [1.54, 1.807) is 16.8 Å². The summed E-state index contributed by atoms with van der Waals surface area (Å²) < 4.78 is 1.60. The van der Waals surface area contributed by atoms with E-state index in [0.717, 1.165) is 17.5 Å². The van der Waals surface area contributed by atoms with Crippen LogP contribution in [0.25, 0.3) is 0 Å². The topological polar surface area (TPSA) is 68.2 Å². The van der Waals surface area contributed by atoms with E-state index in [0.29, 0.717) is 5.69 Å². The molecule has 1 aromatic carbocycles. The van der Waals surface area contributed by atoms with E-state index in [9.17, 15) is 9.90 Å². The Kier molecular flexibility index (Phi) is 3.14. The molecule has 1 aliphatic carbocycles. The van der Waals surface area contributed by atoms with E-state index in [1.807, 2.05) is 38.1 Å². The molecular weight excluding hydrogens is 264 g/mol. The van der Waals surface area contributed by atoms with Gasteiger partial charge in [-0.2, -0.15) is 0 Å². The zero-order chi connectivity index (χ0) is 15.2. The average molecular weight is 284 g/mol. The monoisotopic (exact) mass is 284 g/mol. The highest BCUT2D eigenvalue weighted by Gasteiger charge is 2.42. The van der Waals surface area contributed by atoms with Gasteiger partial charge in [-0.25, -0.2) is 0 Å².